The van der Waals surface area contributed by atoms with Gasteiger partial charge in [0.1, 0.15) is 11.5 Å². The Labute approximate surface area is 136 Å². The maximum absolute atomic E-state index is 12.0. The van der Waals surface area contributed by atoms with Crippen LogP contribution in [0.4, 0.5) is 0 Å². The third kappa shape index (κ3) is 4.38. The van der Waals surface area contributed by atoms with Gasteiger partial charge in [-0.1, -0.05) is 6.07 Å². The second-order valence-electron chi connectivity index (χ2n) is 6.16. The number of nitrogens with one attached hydrogen (secondary N) is 1. The standard InChI is InChI=1S/C19H23NO3/c1-14(7-9-17-6-3-11-22-17)20-19(21)13-23-18-10-8-15-4-2-5-16(15)12-18/h3,6,8,10-12,14H,2,4-5,7,9,13H2,1H3,(H,20,21)/t14-/m0/s1. The number of hydrogen-bond donors (Lipinski definition) is 1. The SMILES string of the molecule is C[C@@H](CCc1ccco1)NC(=O)COc1ccc2c(c1)CCC2. The molecule has 1 aromatic carbocycles. The Hall–Kier alpha value is -2.23. The van der Waals surface area contributed by atoms with E-state index in [1.54, 1.807) is 6.26 Å². The Kier molecular flexibility index (Phi) is 5.01. The lowest BCUT2D eigenvalue weighted by atomic mass is 10.1. The normalized spacial score (nSPS) is 14.3. The van der Waals surface area contributed by atoms with Crippen molar-refractivity contribution in [1.29, 1.82) is 0 Å². The molecule has 1 aliphatic rings. The van der Waals surface area contributed by atoms with Crippen molar-refractivity contribution in [2.75, 3.05) is 6.61 Å². The van der Waals surface area contributed by atoms with Crippen LogP contribution < -0.4 is 10.1 Å². The zero-order chi connectivity index (χ0) is 16.1. The van der Waals surface area contributed by atoms with Crippen LogP contribution in [0, 0.1) is 0 Å². The minimum absolute atomic E-state index is 0.0594. The van der Waals surface area contributed by atoms with Gasteiger partial charge < -0.3 is 14.5 Å². The first kappa shape index (κ1) is 15.7. The number of hydrogen-bond acceptors (Lipinski definition) is 3. The van der Waals surface area contributed by atoms with Gasteiger partial charge in [-0.2, -0.15) is 0 Å². The van der Waals surface area contributed by atoms with Crippen LogP contribution in [0.25, 0.3) is 0 Å². The van der Waals surface area contributed by atoms with E-state index in [0.717, 1.165) is 37.2 Å². The van der Waals surface area contributed by atoms with Gasteiger partial charge in [0.2, 0.25) is 0 Å². The van der Waals surface area contributed by atoms with E-state index in [9.17, 15) is 4.79 Å². The largest absolute Gasteiger partial charge is 0.484 e. The van der Waals surface area contributed by atoms with Crippen molar-refractivity contribution in [3.63, 3.8) is 0 Å². The first-order valence-corrected chi connectivity index (χ1v) is 8.27. The van der Waals surface area contributed by atoms with Crippen molar-refractivity contribution in [3.05, 3.63) is 53.5 Å². The third-order valence-electron chi connectivity index (χ3n) is 4.25. The van der Waals surface area contributed by atoms with Gasteiger partial charge in [-0.25, -0.2) is 0 Å². The van der Waals surface area contributed by atoms with Gasteiger partial charge in [0.25, 0.3) is 5.91 Å². The number of furan rings is 1. The van der Waals surface area contributed by atoms with Crippen molar-refractivity contribution >= 4 is 5.91 Å². The van der Waals surface area contributed by atoms with Crippen LogP contribution in [0.5, 0.6) is 5.75 Å². The fraction of sp³-hybridized carbons (Fsp3) is 0.421. The average molecular weight is 313 g/mol. The molecule has 0 saturated heterocycles. The molecule has 4 nitrogen and oxygen atoms in total. The third-order valence-corrected chi connectivity index (χ3v) is 4.25. The number of carbonyl (C=O) groups excluding carboxylic acids is 1. The molecule has 1 aliphatic carbocycles. The topological polar surface area (TPSA) is 51.5 Å². The summed E-state index contributed by atoms with van der Waals surface area (Å²) < 4.78 is 10.9. The van der Waals surface area contributed by atoms with Crippen LogP contribution in [-0.4, -0.2) is 18.6 Å². The first-order valence-electron chi connectivity index (χ1n) is 8.27. The van der Waals surface area contributed by atoms with Crippen molar-refractivity contribution in [3.8, 4) is 5.75 Å². The van der Waals surface area contributed by atoms with Crippen molar-refractivity contribution < 1.29 is 13.9 Å². The summed E-state index contributed by atoms with van der Waals surface area (Å²) in [6.07, 6.45) is 6.82. The minimum Gasteiger partial charge on any atom is -0.484 e. The molecule has 0 aliphatic heterocycles. The van der Waals surface area contributed by atoms with E-state index >= 15 is 0 Å². The molecule has 0 radical (unpaired) electrons. The number of rotatable bonds is 7. The molecule has 1 atom stereocenters. The maximum Gasteiger partial charge on any atom is 0.258 e. The predicted molar refractivity (Wildman–Crippen MR) is 88.6 cm³/mol. The summed E-state index contributed by atoms with van der Waals surface area (Å²) in [5.41, 5.74) is 2.77. The Morgan fingerprint density at radius 3 is 3.00 bits per heavy atom. The molecule has 122 valence electrons. The molecule has 1 aromatic heterocycles. The fourth-order valence-corrected chi connectivity index (χ4v) is 2.99. The van der Waals surface area contributed by atoms with Crippen LogP contribution in [0.2, 0.25) is 0 Å². The fourth-order valence-electron chi connectivity index (χ4n) is 2.99. The molecule has 2 aromatic rings. The smallest absolute Gasteiger partial charge is 0.258 e. The molecule has 0 spiro atoms. The molecule has 4 heteroatoms. The molecule has 0 unspecified atom stereocenters. The molecule has 1 N–H and O–H groups in total. The second kappa shape index (κ2) is 7.36. The van der Waals surface area contributed by atoms with Gasteiger partial charge >= 0.3 is 0 Å². The van der Waals surface area contributed by atoms with Crippen molar-refractivity contribution in [2.24, 2.45) is 0 Å². The minimum atomic E-state index is -0.0857. The van der Waals surface area contributed by atoms with E-state index in [0.29, 0.717) is 0 Å². The lowest BCUT2D eigenvalue weighted by molar-refractivity contribution is -0.123. The van der Waals surface area contributed by atoms with Crippen LogP contribution in [0.3, 0.4) is 0 Å². The first-order chi connectivity index (χ1) is 11.2. The number of aryl methyl sites for hydroxylation is 3. The number of carbonyl (C=O) groups is 1. The van der Waals surface area contributed by atoms with Gasteiger partial charge in [0, 0.05) is 12.5 Å². The number of benzene rings is 1. The van der Waals surface area contributed by atoms with Crippen LogP contribution in [0.1, 0.15) is 36.7 Å². The Bertz CT molecular complexity index is 649. The molecular formula is C19H23NO3. The lowest BCUT2D eigenvalue weighted by Gasteiger charge is -2.14. The van der Waals surface area contributed by atoms with Crippen LogP contribution in [-0.2, 0) is 24.1 Å². The molecule has 1 heterocycles. The Morgan fingerprint density at radius 2 is 2.17 bits per heavy atom. The van der Waals surface area contributed by atoms with E-state index in [2.05, 4.69) is 17.4 Å². The van der Waals surface area contributed by atoms with Crippen LogP contribution in [0.15, 0.2) is 41.0 Å². The highest BCUT2D eigenvalue weighted by atomic mass is 16.5. The van der Waals surface area contributed by atoms with Crippen molar-refractivity contribution in [1.82, 2.24) is 5.32 Å². The second-order valence-corrected chi connectivity index (χ2v) is 6.16. The number of amides is 1. The monoisotopic (exact) mass is 313 g/mol. The Morgan fingerprint density at radius 1 is 1.30 bits per heavy atom. The van der Waals surface area contributed by atoms with E-state index in [1.807, 2.05) is 25.1 Å². The van der Waals surface area contributed by atoms with Gasteiger partial charge in [-0.3, -0.25) is 4.79 Å². The summed E-state index contributed by atoms with van der Waals surface area (Å²) >= 11 is 0. The Balaban J connectivity index is 1.40. The summed E-state index contributed by atoms with van der Waals surface area (Å²) in [4.78, 5) is 12.0. The van der Waals surface area contributed by atoms with Gasteiger partial charge in [0.05, 0.1) is 6.26 Å². The van der Waals surface area contributed by atoms with Gasteiger partial charge in [0.15, 0.2) is 6.61 Å². The highest BCUT2D eigenvalue weighted by Gasteiger charge is 2.13. The van der Waals surface area contributed by atoms with Crippen molar-refractivity contribution in [2.45, 2.75) is 45.1 Å². The van der Waals surface area contributed by atoms with E-state index in [1.165, 1.54) is 17.5 Å². The summed E-state index contributed by atoms with van der Waals surface area (Å²) in [5, 5.41) is 2.96. The van der Waals surface area contributed by atoms with Gasteiger partial charge in [-0.15, -0.1) is 0 Å². The van der Waals surface area contributed by atoms with Gasteiger partial charge in [-0.05, 0) is 68.0 Å². The molecule has 0 fully saturated rings. The number of fused-ring (bicyclic) bond motifs is 1. The average Bonchev–Trinajstić information content (AvgIpc) is 3.21. The predicted octanol–water partition coefficient (Wildman–Crippen LogP) is 3.28. The molecule has 3 rings (SSSR count). The molecule has 1 amide bonds. The molecular weight excluding hydrogens is 290 g/mol. The van der Waals surface area contributed by atoms with E-state index in [-0.39, 0.29) is 18.6 Å². The molecule has 0 saturated carbocycles. The summed E-state index contributed by atoms with van der Waals surface area (Å²) in [6, 6.07) is 10.1. The van der Waals surface area contributed by atoms with E-state index < -0.39 is 0 Å². The zero-order valence-electron chi connectivity index (χ0n) is 13.5. The molecule has 0 bridgehead atoms. The highest BCUT2D eigenvalue weighted by molar-refractivity contribution is 5.77. The van der Waals surface area contributed by atoms with Crippen LogP contribution >= 0.6 is 0 Å². The summed E-state index contributed by atoms with van der Waals surface area (Å²) in [7, 11) is 0. The highest BCUT2D eigenvalue weighted by Crippen LogP contribution is 2.25. The van der Waals surface area contributed by atoms with E-state index in [4.69, 9.17) is 9.15 Å². The lowest BCUT2D eigenvalue weighted by Crippen LogP contribution is -2.36. The summed E-state index contributed by atoms with van der Waals surface area (Å²) in [6.45, 7) is 2.06. The zero-order valence-corrected chi connectivity index (χ0v) is 13.5. The summed E-state index contributed by atoms with van der Waals surface area (Å²) in [5.74, 6) is 1.64. The maximum atomic E-state index is 12.0. The number of ether oxygens (including phenoxy) is 1. The quantitative estimate of drug-likeness (QED) is 0.853. The molecule has 23 heavy (non-hydrogen) atoms.